The number of carboxylic acid groups (broad SMARTS) is 1. The number of hydrogen-bond acceptors (Lipinski definition) is 4. The van der Waals surface area contributed by atoms with Gasteiger partial charge >= 0.3 is 5.97 Å². The van der Waals surface area contributed by atoms with Gasteiger partial charge in [-0.05, 0) is 31.0 Å². The number of nitrogens with two attached hydrogens (primary N) is 1. The van der Waals surface area contributed by atoms with E-state index in [4.69, 9.17) is 10.8 Å². The van der Waals surface area contributed by atoms with E-state index in [-0.39, 0.29) is 0 Å². The van der Waals surface area contributed by atoms with Crippen molar-refractivity contribution in [3.05, 3.63) is 23.9 Å². The van der Waals surface area contributed by atoms with Crippen LogP contribution in [0.25, 0.3) is 0 Å². The monoisotopic (exact) mass is 221 g/mol. The maximum absolute atomic E-state index is 11.0. The van der Waals surface area contributed by atoms with E-state index in [1.165, 1.54) is 0 Å². The van der Waals surface area contributed by atoms with Crippen molar-refractivity contribution in [1.29, 1.82) is 0 Å². The number of carboxylic acids is 1. The van der Waals surface area contributed by atoms with E-state index in [0.717, 1.165) is 11.4 Å². The quantitative estimate of drug-likeness (QED) is 0.754. The van der Waals surface area contributed by atoms with Crippen LogP contribution < -0.4 is 10.6 Å². The highest BCUT2D eigenvalue weighted by atomic mass is 16.4. The SMILES string of the molecule is Cc1ccnc(N2CCC(N)(C(=O)O)C2)c1. The lowest BCUT2D eigenvalue weighted by Crippen LogP contribution is -2.50. The number of aryl methyl sites for hydroxylation is 1. The molecule has 0 aliphatic carbocycles. The number of rotatable bonds is 2. The molecular weight excluding hydrogens is 206 g/mol. The lowest BCUT2D eigenvalue weighted by Gasteiger charge is -2.20. The third-order valence-electron chi connectivity index (χ3n) is 2.95. The molecule has 1 fully saturated rings. The molecule has 86 valence electrons. The highest BCUT2D eigenvalue weighted by Crippen LogP contribution is 2.24. The number of aliphatic carboxylic acids is 1. The average molecular weight is 221 g/mol. The number of hydrogen-bond donors (Lipinski definition) is 2. The van der Waals surface area contributed by atoms with Gasteiger partial charge in [-0.2, -0.15) is 0 Å². The van der Waals surface area contributed by atoms with Crippen molar-refractivity contribution in [3.8, 4) is 0 Å². The summed E-state index contributed by atoms with van der Waals surface area (Å²) in [7, 11) is 0. The van der Waals surface area contributed by atoms with Gasteiger partial charge in [-0.3, -0.25) is 4.79 Å². The minimum absolute atomic E-state index is 0.318. The van der Waals surface area contributed by atoms with Crippen LogP contribution in [-0.2, 0) is 4.79 Å². The lowest BCUT2D eigenvalue weighted by atomic mass is 10.0. The minimum Gasteiger partial charge on any atom is -0.480 e. The van der Waals surface area contributed by atoms with Gasteiger partial charge in [0.25, 0.3) is 0 Å². The summed E-state index contributed by atoms with van der Waals surface area (Å²) in [6, 6.07) is 3.85. The lowest BCUT2D eigenvalue weighted by molar-refractivity contribution is -0.142. The number of nitrogens with zero attached hydrogens (tertiary/aromatic N) is 2. The van der Waals surface area contributed by atoms with Crippen molar-refractivity contribution in [2.24, 2.45) is 5.73 Å². The highest BCUT2D eigenvalue weighted by Gasteiger charge is 2.41. The maximum atomic E-state index is 11.0. The molecule has 0 aromatic carbocycles. The maximum Gasteiger partial charge on any atom is 0.325 e. The van der Waals surface area contributed by atoms with Gasteiger partial charge in [0.1, 0.15) is 11.4 Å². The third-order valence-corrected chi connectivity index (χ3v) is 2.95. The van der Waals surface area contributed by atoms with Crippen LogP contribution in [0.3, 0.4) is 0 Å². The molecule has 3 N–H and O–H groups in total. The Labute approximate surface area is 93.9 Å². The molecule has 0 bridgehead atoms. The normalized spacial score (nSPS) is 24.8. The van der Waals surface area contributed by atoms with Crippen molar-refractivity contribution in [1.82, 2.24) is 4.98 Å². The van der Waals surface area contributed by atoms with E-state index in [1.54, 1.807) is 6.20 Å². The molecule has 1 unspecified atom stereocenters. The Balaban J connectivity index is 2.18. The Morgan fingerprint density at radius 3 is 3.00 bits per heavy atom. The summed E-state index contributed by atoms with van der Waals surface area (Å²) in [4.78, 5) is 17.1. The number of aromatic nitrogens is 1. The Kier molecular flexibility index (Phi) is 2.55. The van der Waals surface area contributed by atoms with Gasteiger partial charge < -0.3 is 15.7 Å². The zero-order valence-electron chi connectivity index (χ0n) is 9.18. The zero-order valence-corrected chi connectivity index (χ0v) is 9.18. The Hall–Kier alpha value is -1.62. The highest BCUT2D eigenvalue weighted by molar-refractivity contribution is 5.80. The fourth-order valence-corrected chi connectivity index (χ4v) is 1.90. The molecule has 1 saturated heterocycles. The molecule has 1 aliphatic heterocycles. The molecule has 0 saturated carbocycles. The van der Waals surface area contributed by atoms with Gasteiger partial charge in [0.2, 0.25) is 0 Å². The second-order valence-corrected chi connectivity index (χ2v) is 4.32. The minimum atomic E-state index is -1.13. The summed E-state index contributed by atoms with van der Waals surface area (Å²) in [6.45, 7) is 2.94. The molecule has 1 aromatic rings. The summed E-state index contributed by atoms with van der Waals surface area (Å²) < 4.78 is 0. The summed E-state index contributed by atoms with van der Waals surface area (Å²) in [5, 5.41) is 9.02. The van der Waals surface area contributed by atoms with Crippen LogP contribution in [-0.4, -0.2) is 34.7 Å². The van der Waals surface area contributed by atoms with Gasteiger partial charge in [-0.1, -0.05) is 0 Å². The second-order valence-electron chi connectivity index (χ2n) is 4.32. The van der Waals surface area contributed by atoms with E-state index >= 15 is 0 Å². The molecule has 2 heterocycles. The van der Waals surface area contributed by atoms with Gasteiger partial charge in [0.15, 0.2) is 0 Å². The Morgan fingerprint density at radius 1 is 1.69 bits per heavy atom. The van der Waals surface area contributed by atoms with Crippen molar-refractivity contribution in [2.45, 2.75) is 18.9 Å². The van der Waals surface area contributed by atoms with Crippen LogP contribution in [0.2, 0.25) is 0 Å². The first-order valence-corrected chi connectivity index (χ1v) is 5.21. The van der Waals surface area contributed by atoms with Crippen LogP contribution in [0.4, 0.5) is 5.82 Å². The van der Waals surface area contributed by atoms with E-state index in [9.17, 15) is 4.79 Å². The van der Waals surface area contributed by atoms with Crippen LogP contribution in [0.1, 0.15) is 12.0 Å². The molecule has 1 atom stereocenters. The summed E-state index contributed by atoms with van der Waals surface area (Å²) in [5.74, 6) is -0.142. The van der Waals surface area contributed by atoms with Crippen LogP contribution >= 0.6 is 0 Å². The predicted octanol–water partition coefficient (Wildman–Crippen LogP) is 0.382. The molecule has 0 radical (unpaired) electrons. The van der Waals surface area contributed by atoms with Crippen molar-refractivity contribution < 1.29 is 9.90 Å². The summed E-state index contributed by atoms with van der Waals surface area (Å²) in [5.41, 5.74) is 5.77. The zero-order chi connectivity index (χ0) is 11.8. The second kappa shape index (κ2) is 3.75. The number of pyridine rings is 1. The average Bonchev–Trinajstić information content (AvgIpc) is 2.62. The molecule has 1 aliphatic rings. The summed E-state index contributed by atoms with van der Waals surface area (Å²) >= 11 is 0. The van der Waals surface area contributed by atoms with Crippen molar-refractivity contribution >= 4 is 11.8 Å². The molecule has 5 heteroatoms. The fourth-order valence-electron chi connectivity index (χ4n) is 1.90. The molecule has 5 nitrogen and oxygen atoms in total. The predicted molar refractivity (Wildman–Crippen MR) is 60.4 cm³/mol. The topological polar surface area (TPSA) is 79.5 Å². The Morgan fingerprint density at radius 2 is 2.44 bits per heavy atom. The van der Waals surface area contributed by atoms with Gasteiger partial charge in [-0.15, -0.1) is 0 Å². The molecule has 1 aromatic heterocycles. The Bertz CT molecular complexity index is 421. The van der Waals surface area contributed by atoms with E-state index in [1.807, 2.05) is 24.0 Å². The van der Waals surface area contributed by atoms with Crippen LogP contribution in [0.15, 0.2) is 18.3 Å². The molecular formula is C11H15N3O2. The molecule has 0 amide bonds. The first-order valence-electron chi connectivity index (χ1n) is 5.21. The van der Waals surface area contributed by atoms with Gasteiger partial charge in [0.05, 0.1) is 0 Å². The largest absolute Gasteiger partial charge is 0.480 e. The van der Waals surface area contributed by atoms with Gasteiger partial charge in [-0.25, -0.2) is 4.98 Å². The van der Waals surface area contributed by atoms with Crippen molar-refractivity contribution in [3.63, 3.8) is 0 Å². The van der Waals surface area contributed by atoms with E-state index < -0.39 is 11.5 Å². The third kappa shape index (κ3) is 1.86. The molecule has 16 heavy (non-hydrogen) atoms. The molecule has 0 spiro atoms. The van der Waals surface area contributed by atoms with Crippen LogP contribution in [0, 0.1) is 6.92 Å². The van der Waals surface area contributed by atoms with E-state index in [2.05, 4.69) is 4.98 Å². The van der Waals surface area contributed by atoms with E-state index in [0.29, 0.717) is 19.5 Å². The fraction of sp³-hybridized carbons (Fsp3) is 0.455. The van der Waals surface area contributed by atoms with Crippen molar-refractivity contribution in [2.75, 3.05) is 18.0 Å². The molecule has 2 rings (SSSR count). The van der Waals surface area contributed by atoms with Gasteiger partial charge in [0, 0.05) is 19.3 Å². The standard InChI is InChI=1S/C11H15N3O2/c1-8-2-4-13-9(6-8)14-5-3-11(12,7-14)10(15)16/h2,4,6H,3,5,7,12H2,1H3,(H,15,16). The number of carbonyl (C=O) groups is 1. The first-order chi connectivity index (χ1) is 7.51. The summed E-state index contributed by atoms with van der Waals surface area (Å²) in [6.07, 6.45) is 2.18. The first kappa shape index (κ1) is 10.9. The number of anilines is 1. The van der Waals surface area contributed by atoms with Crippen LogP contribution in [0.5, 0.6) is 0 Å². The smallest absolute Gasteiger partial charge is 0.325 e.